The summed E-state index contributed by atoms with van der Waals surface area (Å²) in [6, 6.07) is 0. The van der Waals surface area contributed by atoms with Crippen LogP contribution < -0.4 is 0 Å². The second-order valence-electron chi connectivity index (χ2n) is 6.42. The van der Waals surface area contributed by atoms with Gasteiger partial charge in [-0.15, -0.1) is 8.58 Å². The lowest BCUT2D eigenvalue weighted by molar-refractivity contribution is 0.361. The van der Waals surface area contributed by atoms with Gasteiger partial charge in [0, 0.05) is 0 Å². The Hall–Kier alpha value is 0.430. The summed E-state index contributed by atoms with van der Waals surface area (Å²) in [7, 11) is 1.31. The first kappa shape index (κ1) is 13.9. The van der Waals surface area contributed by atoms with Gasteiger partial charge >= 0.3 is 0 Å². The first-order chi connectivity index (χ1) is 8.35. The van der Waals surface area contributed by atoms with Crippen molar-refractivity contribution in [3.05, 3.63) is 0 Å². The van der Waals surface area contributed by atoms with E-state index in [0.717, 1.165) is 10.8 Å². The molecule has 0 heterocycles. The molecule has 2 fully saturated rings. The summed E-state index contributed by atoms with van der Waals surface area (Å²) in [5.41, 5.74) is 1.12. The van der Waals surface area contributed by atoms with E-state index in [1.807, 2.05) is 0 Å². The molecule has 2 aliphatic carbocycles. The summed E-state index contributed by atoms with van der Waals surface area (Å²) in [4.78, 5) is 0. The lowest BCUT2D eigenvalue weighted by Gasteiger charge is -2.41. The van der Waals surface area contributed by atoms with Crippen LogP contribution in [-0.4, -0.2) is 10.8 Å². The molecule has 0 aromatic heterocycles. The van der Waals surface area contributed by atoms with E-state index in [1.165, 1.54) is 59.9 Å². The first-order valence-corrected chi connectivity index (χ1v) is 9.20. The van der Waals surface area contributed by atoms with Crippen LogP contribution >= 0.6 is 8.58 Å². The van der Waals surface area contributed by atoms with Crippen LogP contribution in [0.4, 0.5) is 0 Å². The minimum absolute atomic E-state index is 0.816. The van der Waals surface area contributed by atoms with Crippen LogP contribution in [-0.2, 0) is 0 Å². The van der Waals surface area contributed by atoms with Gasteiger partial charge in [0.15, 0.2) is 0 Å². The molecule has 17 heavy (non-hydrogen) atoms. The fraction of sp³-hybridized carbons (Fsp3) is 1.00. The average molecular weight is 254 g/mol. The molecule has 0 nitrogen and oxygen atoms in total. The number of rotatable bonds is 5. The van der Waals surface area contributed by atoms with Crippen molar-refractivity contribution in [3.63, 3.8) is 0 Å². The molecule has 1 heteroatoms. The van der Waals surface area contributed by atoms with E-state index in [0.29, 0.717) is 0 Å². The zero-order valence-electron chi connectivity index (χ0n) is 11.8. The van der Waals surface area contributed by atoms with Crippen molar-refractivity contribution >= 4 is 8.58 Å². The van der Waals surface area contributed by atoms with Crippen LogP contribution in [0.1, 0.15) is 90.4 Å². The number of hydrogen-bond acceptors (Lipinski definition) is 0. The van der Waals surface area contributed by atoms with E-state index in [9.17, 15) is 0 Å². The largest absolute Gasteiger partial charge is 0.112 e. The molecule has 0 N–H and O–H groups in total. The third kappa shape index (κ3) is 4.23. The molecule has 0 amide bonds. The first-order valence-electron chi connectivity index (χ1n) is 8.12. The van der Waals surface area contributed by atoms with E-state index in [2.05, 4.69) is 6.92 Å². The zero-order chi connectivity index (χ0) is 12.0. The molecule has 0 saturated heterocycles. The Labute approximate surface area is 110 Å². The summed E-state index contributed by atoms with van der Waals surface area (Å²) in [5.74, 6) is 0. The molecule has 1 unspecified atom stereocenters. The standard InChI is InChI=1S/C16H31P/c1-2-3-12-16(13-8-5-9-14-16)17-15-10-6-4-7-11-15/h15,17H,2-14H2,1H3. The minimum atomic E-state index is 0.816. The quantitative estimate of drug-likeness (QED) is 0.536. The van der Waals surface area contributed by atoms with Gasteiger partial charge in [0.1, 0.15) is 0 Å². The molecule has 2 rings (SSSR count). The van der Waals surface area contributed by atoms with Crippen LogP contribution in [0, 0.1) is 0 Å². The molecule has 0 aromatic rings. The third-order valence-electron chi connectivity index (χ3n) is 4.94. The second kappa shape index (κ2) is 7.13. The Kier molecular flexibility index (Phi) is 5.81. The molecule has 2 aliphatic rings. The van der Waals surface area contributed by atoms with Crippen molar-refractivity contribution in [1.82, 2.24) is 0 Å². The van der Waals surface area contributed by atoms with Gasteiger partial charge in [-0.05, 0) is 42.9 Å². The van der Waals surface area contributed by atoms with Gasteiger partial charge in [0.2, 0.25) is 0 Å². The predicted molar refractivity (Wildman–Crippen MR) is 80.5 cm³/mol. The third-order valence-corrected chi connectivity index (χ3v) is 7.28. The van der Waals surface area contributed by atoms with Gasteiger partial charge in [-0.2, -0.15) is 0 Å². The lowest BCUT2D eigenvalue weighted by atomic mass is 9.84. The second-order valence-corrected chi connectivity index (χ2v) is 8.59. The van der Waals surface area contributed by atoms with Crippen molar-refractivity contribution < 1.29 is 0 Å². The van der Waals surface area contributed by atoms with Crippen molar-refractivity contribution in [1.29, 1.82) is 0 Å². The SMILES string of the molecule is CCCCC1(PC2CCCCC2)CCCCC1. The Morgan fingerprint density at radius 3 is 2.24 bits per heavy atom. The smallest absolute Gasteiger partial charge is 0.0119 e. The Balaban J connectivity index is 1.88. The maximum absolute atomic E-state index is 2.36. The Morgan fingerprint density at radius 1 is 0.941 bits per heavy atom. The molecule has 0 aliphatic heterocycles. The van der Waals surface area contributed by atoms with Gasteiger partial charge in [-0.3, -0.25) is 0 Å². The van der Waals surface area contributed by atoms with Crippen molar-refractivity contribution in [2.75, 3.05) is 0 Å². The summed E-state index contributed by atoms with van der Waals surface area (Å²) < 4.78 is 0. The van der Waals surface area contributed by atoms with Gasteiger partial charge in [-0.1, -0.05) is 58.3 Å². The van der Waals surface area contributed by atoms with Crippen molar-refractivity contribution in [2.45, 2.75) is 101 Å². The molecule has 2 saturated carbocycles. The van der Waals surface area contributed by atoms with Crippen LogP contribution in [0.2, 0.25) is 0 Å². The molecule has 0 bridgehead atoms. The average Bonchev–Trinajstić information content (AvgIpc) is 2.39. The van der Waals surface area contributed by atoms with Gasteiger partial charge < -0.3 is 0 Å². The highest BCUT2D eigenvalue weighted by Crippen LogP contribution is 2.52. The molecule has 0 aromatic carbocycles. The topological polar surface area (TPSA) is 0 Å². The lowest BCUT2D eigenvalue weighted by Crippen LogP contribution is -2.29. The molecule has 0 spiro atoms. The van der Waals surface area contributed by atoms with E-state index >= 15 is 0 Å². The number of hydrogen-bond donors (Lipinski definition) is 0. The normalized spacial score (nSPS) is 26.6. The van der Waals surface area contributed by atoms with E-state index in [1.54, 1.807) is 32.1 Å². The molecular formula is C16H31P. The Bertz CT molecular complexity index is 200. The highest BCUT2D eigenvalue weighted by Gasteiger charge is 2.33. The minimum Gasteiger partial charge on any atom is -0.112 e. The monoisotopic (exact) mass is 254 g/mol. The van der Waals surface area contributed by atoms with E-state index < -0.39 is 0 Å². The summed E-state index contributed by atoms with van der Waals surface area (Å²) in [6.45, 7) is 2.36. The fourth-order valence-corrected chi connectivity index (χ4v) is 6.42. The predicted octanol–water partition coefficient (Wildman–Crippen LogP) is 5.89. The Morgan fingerprint density at radius 2 is 1.59 bits per heavy atom. The van der Waals surface area contributed by atoms with Gasteiger partial charge in [-0.25, -0.2) is 0 Å². The maximum Gasteiger partial charge on any atom is -0.0119 e. The van der Waals surface area contributed by atoms with Crippen LogP contribution in [0.15, 0.2) is 0 Å². The van der Waals surface area contributed by atoms with Gasteiger partial charge in [0.05, 0.1) is 0 Å². The maximum atomic E-state index is 2.36. The molecular weight excluding hydrogens is 223 g/mol. The van der Waals surface area contributed by atoms with E-state index in [4.69, 9.17) is 0 Å². The zero-order valence-corrected chi connectivity index (χ0v) is 12.8. The van der Waals surface area contributed by atoms with Crippen LogP contribution in [0.25, 0.3) is 0 Å². The molecule has 1 atom stereocenters. The van der Waals surface area contributed by atoms with Crippen molar-refractivity contribution in [3.8, 4) is 0 Å². The summed E-state index contributed by atoms with van der Waals surface area (Å²) in [5, 5.41) is 0.816. The summed E-state index contributed by atoms with van der Waals surface area (Å²) >= 11 is 0. The molecule has 100 valence electrons. The van der Waals surface area contributed by atoms with Crippen LogP contribution in [0.3, 0.4) is 0 Å². The van der Waals surface area contributed by atoms with Gasteiger partial charge in [0.25, 0.3) is 0 Å². The van der Waals surface area contributed by atoms with Crippen LogP contribution in [0.5, 0.6) is 0 Å². The fourth-order valence-electron chi connectivity index (χ4n) is 3.89. The highest BCUT2D eigenvalue weighted by molar-refractivity contribution is 7.40. The highest BCUT2D eigenvalue weighted by atomic mass is 31.1. The summed E-state index contributed by atoms with van der Waals surface area (Å²) in [6.07, 6.45) is 19.9. The molecule has 0 radical (unpaired) electrons. The van der Waals surface area contributed by atoms with Crippen molar-refractivity contribution in [2.24, 2.45) is 0 Å². The number of unbranched alkanes of at least 4 members (excludes halogenated alkanes) is 1. The van der Waals surface area contributed by atoms with E-state index in [-0.39, 0.29) is 0 Å².